The lowest BCUT2D eigenvalue weighted by molar-refractivity contribution is -0.111. The fourth-order valence-corrected chi connectivity index (χ4v) is 6.62. The number of furan rings is 1. The van der Waals surface area contributed by atoms with Crippen LogP contribution in [0.5, 0.6) is 0 Å². The first-order valence-electron chi connectivity index (χ1n) is 11.7. The van der Waals surface area contributed by atoms with Crippen LogP contribution in [0.25, 0.3) is 6.08 Å². The Balaban J connectivity index is 1.28. The number of nitrogens with zero attached hydrogens (tertiary/aromatic N) is 2. The third-order valence-corrected chi connectivity index (χ3v) is 8.17. The largest absolute Gasteiger partial charge is 0.465 e. The summed E-state index contributed by atoms with van der Waals surface area (Å²) in [6.07, 6.45) is 8.40. The zero-order valence-corrected chi connectivity index (χ0v) is 21.5. The molecule has 12 heteroatoms. The molecule has 0 radical (unpaired) electrons. The number of piperidine rings is 1. The minimum atomic E-state index is -3.27. The van der Waals surface area contributed by atoms with Crippen LogP contribution in [0.15, 0.2) is 28.9 Å². The van der Waals surface area contributed by atoms with Crippen molar-refractivity contribution in [2.75, 3.05) is 31.3 Å². The maximum atomic E-state index is 12.5. The summed E-state index contributed by atoms with van der Waals surface area (Å²) in [6, 6.07) is 5.53. The Bertz CT molecular complexity index is 1270. The smallest absolute Gasteiger partial charge is 0.409 e. The molecule has 0 spiro atoms. The summed E-state index contributed by atoms with van der Waals surface area (Å²) in [6.45, 7) is 1.15. The number of anilines is 1. The number of carbonyl (C=O) groups excluding carboxylic acids is 2. The number of ether oxygens (including phenoxy) is 1. The highest BCUT2D eigenvalue weighted by Crippen LogP contribution is 2.39. The van der Waals surface area contributed by atoms with Crippen LogP contribution in [0.2, 0.25) is 0 Å². The number of rotatable bonds is 7. The molecule has 0 aromatic carbocycles. The summed E-state index contributed by atoms with van der Waals surface area (Å²) in [5, 5.41) is 13.0. The molecule has 2 aromatic heterocycles. The van der Waals surface area contributed by atoms with Crippen LogP contribution < -0.4 is 10.0 Å². The van der Waals surface area contributed by atoms with Gasteiger partial charge in [-0.1, -0.05) is 0 Å². The molecule has 1 atom stereocenters. The van der Waals surface area contributed by atoms with Crippen LogP contribution >= 0.6 is 11.3 Å². The van der Waals surface area contributed by atoms with Gasteiger partial charge in [0, 0.05) is 30.1 Å². The van der Waals surface area contributed by atoms with Crippen molar-refractivity contribution in [3.05, 3.63) is 46.2 Å². The SMILES string of the molecule is CS(=O)(=O)NC1CCN(C(=O)OCC2CCc3c(sc(NC(=O)C=Cc4ccco4)c3C#N)C2)CC1. The third kappa shape index (κ3) is 6.75. The van der Waals surface area contributed by atoms with Crippen LogP contribution in [0.3, 0.4) is 0 Å². The number of nitrogens with one attached hydrogen (secondary N) is 2. The average molecular weight is 533 g/mol. The molecule has 1 unspecified atom stereocenters. The van der Waals surface area contributed by atoms with Crippen molar-refractivity contribution in [3.8, 4) is 6.07 Å². The monoisotopic (exact) mass is 532 g/mol. The van der Waals surface area contributed by atoms with Crippen molar-refractivity contribution in [2.45, 2.75) is 38.1 Å². The van der Waals surface area contributed by atoms with E-state index in [9.17, 15) is 23.3 Å². The molecule has 192 valence electrons. The molecule has 2 aliphatic rings. The van der Waals surface area contributed by atoms with Crippen molar-refractivity contribution < 1.29 is 27.2 Å². The normalized spacial score (nSPS) is 18.6. The number of likely N-dealkylation sites (tertiary alicyclic amines) is 1. The van der Waals surface area contributed by atoms with E-state index in [0.717, 1.165) is 23.1 Å². The van der Waals surface area contributed by atoms with Gasteiger partial charge in [0.05, 0.1) is 24.7 Å². The number of carbonyl (C=O) groups is 2. The van der Waals surface area contributed by atoms with E-state index in [1.165, 1.54) is 23.7 Å². The number of thiophene rings is 1. The summed E-state index contributed by atoms with van der Waals surface area (Å²) in [5.74, 6) is 0.337. The zero-order valence-electron chi connectivity index (χ0n) is 19.9. The van der Waals surface area contributed by atoms with Gasteiger partial charge in [0.2, 0.25) is 15.9 Å². The Morgan fingerprint density at radius 1 is 1.33 bits per heavy atom. The number of sulfonamides is 1. The van der Waals surface area contributed by atoms with Gasteiger partial charge in [-0.3, -0.25) is 4.79 Å². The predicted molar refractivity (Wildman–Crippen MR) is 135 cm³/mol. The van der Waals surface area contributed by atoms with Gasteiger partial charge < -0.3 is 19.4 Å². The Morgan fingerprint density at radius 2 is 2.11 bits per heavy atom. The molecule has 1 saturated heterocycles. The highest BCUT2D eigenvalue weighted by Gasteiger charge is 2.29. The maximum Gasteiger partial charge on any atom is 0.409 e. The van der Waals surface area contributed by atoms with E-state index in [1.54, 1.807) is 23.1 Å². The first kappa shape index (κ1) is 25.9. The molecular formula is C24H28N4O6S2. The van der Waals surface area contributed by atoms with Crippen molar-refractivity contribution >= 4 is 44.4 Å². The highest BCUT2D eigenvalue weighted by atomic mass is 32.2. The molecule has 2 N–H and O–H groups in total. The van der Waals surface area contributed by atoms with Gasteiger partial charge in [0.1, 0.15) is 16.8 Å². The van der Waals surface area contributed by atoms with E-state index in [4.69, 9.17) is 9.15 Å². The fourth-order valence-electron chi connectivity index (χ4n) is 4.46. The predicted octanol–water partition coefficient (Wildman–Crippen LogP) is 3.12. The third-order valence-electron chi connectivity index (χ3n) is 6.23. The van der Waals surface area contributed by atoms with Gasteiger partial charge in [-0.05, 0) is 61.8 Å². The zero-order chi connectivity index (χ0) is 25.7. The Hall–Kier alpha value is -3.14. The van der Waals surface area contributed by atoms with Crippen molar-refractivity contribution in [3.63, 3.8) is 0 Å². The Morgan fingerprint density at radius 3 is 2.78 bits per heavy atom. The molecule has 0 saturated carbocycles. The minimum absolute atomic E-state index is 0.124. The average Bonchev–Trinajstić information content (AvgIpc) is 3.47. The van der Waals surface area contributed by atoms with Gasteiger partial charge in [-0.2, -0.15) is 5.26 Å². The van der Waals surface area contributed by atoms with E-state index >= 15 is 0 Å². The van der Waals surface area contributed by atoms with Gasteiger partial charge in [-0.15, -0.1) is 11.3 Å². The number of hydrogen-bond acceptors (Lipinski definition) is 8. The molecule has 2 aromatic rings. The van der Waals surface area contributed by atoms with Crippen LogP contribution in [-0.2, 0) is 32.4 Å². The second-order valence-electron chi connectivity index (χ2n) is 8.99. The standard InChI is InChI=1S/C24H28N4O6S2/c1-36(31,32)27-17-8-10-28(11-9-17)24(30)34-15-16-4-6-19-20(14-25)23(35-21(19)13-16)26-22(29)7-5-18-3-2-12-33-18/h2-3,5,7,12,16-17,27H,4,6,8-11,13,15H2,1H3,(H,26,29). The highest BCUT2D eigenvalue weighted by molar-refractivity contribution is 7.88. The first-order valence-corrected chi connectivity index (χ1v) is 14.4. The summed E-state index contributed by atoms with van der Waals surface area (Å²) < 4.78 is 36.1. The van der Waals surface area contributed by atoms with Gasteiger partial charge in [0.15, 0.2) is 0 Å². The molecule has 1 aliphatic heterocycles. The van der Waals surface area contributed by atoms with E-state index in [2.05, 4.69) is 16.1 Å². The maximum absolute atomic E-state index is 12.5. The molecule has 1 fully saturated rings. The lowest BCUT2D eigenvalue weighted by Crippen LogP contribution is -2.46. The van der Waals surface area contributed by atoms with E-state index in [-0.39, 0.29) is 24.5 Å². The van der Waals surface area contributed by atoms with Crippen LogP contribution in [0.4, 0.5) is 9.80 Å². The van der Waals surface area contributed by atoms with Crippen LogP contribution in [0.1, 0.15) is 41.0 Å². The topological polar surface area (TPSA) is 142 Å². The summed E-state index contributed by atoms with van der Waals surface area (Å²) in [7, 11) is -3.27. The summed E-state index contributed by atoms with van der Waals surface area (Å²) >= 11 is 1.39. The fraction of sp³-hybridized carbons (Fsp3) is 0.458. The number of nitriles is 1. The van der Waals surface area contributed by atoms with E-state index < -0.39 is 16.1 Å². The molecule has 36 heavy (non-hydrogen) atoms. The van der Waals surface area contributed by atoms with Crippen molar-refractivity contribution in [1.29, 1.82) is 5.26 Å². The number of hydrogen-bond donors (Lipinski definition) is 2. The molecular weight excluding hydrogens is 504 g/mol. The lowest BCUT2D eigenvalue weighted by atomic mass is 9.88. The molecule has 4 rings (SSSR count). The molecule has 0 bridgehead atoms. The summed E-state index contributed by atoms with van der Waals surface area (Å²) in [5.41, 5.74) is 1.45. The van der Waals surface area contributed by atoms with Crippen molar-refractivity contribution in [2.24, 2.45) is 5.92 Å². The number of fused-ring (bicyclic) bond motifs is 1. The van der Waals surface area contributed by atoms with Gasteiger partial charge in [0.25, 0.3) is 0 Å². The van der Waals surface area contributed by atoms with Crippen LogP contribution in [-0.4, -0.2) is 57.3 Å². The number of amides is 2. The lowest BCUT2D eigenvalue weighted by Gasteiger charge is -2.32. The van der Waals surface area contributed by atoms with E-state index in [1.807, 2.05) is 0 Å². The van der Waals surface area contributed by atoms with Gasteiger partial charge >= 0.3 is 6.09 Å². The Labute approximate surface area is 214 Å². The first-order chi connectivity index (χ1) is 17.2. The molecule has 3 heterocycles. The van der Waals surface area contributed by atoms with E-state index in [0.29, 0.717) is 55.1 Å². The Kier molecular flexibility index (Phi) is 8.13. The molecule has 2 amide bonds. The quantitative estimate of drug-likeness (QED) is 0.522. The summed E-state index contributed by atoms with van der Waals surface area (Å²) in [4.78, 5) is 27.5. The molecule has 10 nitrogen and oxygen atoms in total. The molecule has 1 aliphatic carbocycles. The second kappa shape index (κ2) is 11.3. The van der Waals surface area contributed by atoms with Gasteiger partial charge in [-0.25, -0.2) is 17.9 Å². The minimum Gasteiger partial charge on any atom is -0.465 e. The van der Waals surface area contributed by atoms with Crippen LogP contribution in [0, 0.1) is 17.2 Å². The van der Waals surface area contributed by atoms with Crippen molar-refractivity contribution in [1.82, 2.24) is 9.62 Å². The second-order valence-corrected chi connectivity index (χ2v) is 11.9.